The average Bonchev–Trinajstić information content (AvgIpc) is 2.54. The van der Waals surface area contributed by atoms with E-state index in [0.29, 0.717) is 6.61 Å². The van der Waals surface area contributed by atoms with E-state index in [1.165, 1.54) is 5.56 Å². The normalized spacial score (nSPS) is 22.5. The van der Waals surface area contributed by atoms with Gasteiger partial charge in [0, 0.05) is 18.4 Å². The summed E-state index contributed by atoms with van der Waals surface area (Å²) in [7, 11) is 0. The highest BCUT2D eigenvalue weighted by molar-refractivity contribution is 9.09. The SMILES string of the molecule is CCOC(=O)C1(CCCBr)CCCN(Cc2ccccc2)C1. The molecule has 0 spiro atoms. The molecule has 0 bridgehead atoms. The van der Waals surface area contributed by atoms with Crippen LogP contribution >= 0.6 is 15.9 Å². The highest BCUT2D eigenvalue weighted by Gasteiger charge is 2.42. The lowest BCUT2D eigenvalue weighted by Gasteiger charge is -2.41. The van der Waals surface area contributed by atoms with Crippen molar-refractivity contribution in [3.8, 4) is 0 Å². The van der Waals surface area contributed by atoms with Crippen molar-refractivity contribution < 1.29 is 9.53 Å². The van der Waals surface area contributed by atoms with Gasteiger partial charge in [-0.2, -0.15) is 0 Å². The molecule has 3 nitrogen and oxygen atoms in total. The van der Waals surface area contributed by atoms with Gasteiger partial charge in [-0.3, -0.25) is 9.69 Å². The average molecular weight is 368 g/mol. The molecule has 0 aliphatic carbocycles. The van der Waals surface area contributed by atoms with Gasteiger partial charge in [0.15, 0.2) is 0 Å². The Hall–Kier alpha value is -0.870. The summed E-state index contributed by atoms with van der Waals surface area (Å²) in [6.45, 7) is 5.14. The molecule has 1 saturated heterocycles. The highest BCUT2D eigenvalue weighted by Crippen LogP contribution is 2.37. The van der Waals surface area contributed by atoms with Gasteiger partial charge in [-0.05, 0) is 44.7 Å². The second kappa shape index (κ2) is 8.68. The third-order valence-corrected chi connectivity index (χ3v) is 4.96. The number of nitrogens with zero attached hydrogens (tertiary/aromatic N) is 1. The Labute approximate surface area is 142 Å². The number of likely N-dealkylation sites (tertiary alicyclic amines) is 1. The number of halogens is 1. The van der Waals surface area contributed by atoms with Gasteiger partial charge in [-0.25, -0.2) is 0 Å². The van der Waals surface area contributed by atoms with Crippen molar-refractivity contribution in [3.05, 3.63) is 35.9 Å². The number of carbonyl (C=O) groups is 1. The van der Waals surface area contributed by atoms with Gasteiger partial charge in [0.25, 0.3) is 0 Å². The summed E-state index contributed by atoms with van der Waals surface area (Å²) >= 11 is 3.49. The lowest BCUT2D eigenvalue weighted by molar-refractivity contribution is -0.160. The summed E-state index contributed by atoms with van der Waals surface area (Å²) in [5.41, 5.74) is 0.985. The van der Waals surface area contributed by atoms with Crippen molar-refractivity contribution in [3.63, 3.8) is 0 Å². The van der Waals surface area contributed by atoms with Crippen LogP contribution in [0, 0.1) is 5.41 Å². The molecule has 22 heavy (non-hydrogen) atoms. The lowest BCUT2D eigenvalue weighted by Crippen LogP contribution is -2.48. The van der Waals surface area contributed by atoms with Gasteiger partial charge in [0.2, 0.25) is 0 Å². The minimum Gasteiger partial charge on any atom is -0.466 e. The first-order chi connectivity index (χ1) is 10.7. The molecule has 4 heteroatoms. The molecule has 0 saturated carbocycles. The number of ether oxygens (including phenoxy) is 1. The van der Waals surface area contributed by atoms with E-state index in [2.05, 4.69) is 45.1 Å². The van der Waals surface area contributed by atoms with Crippen LogP contribution in [0.25, 0.3) is 0 Å². The van der Waals surface area contributed by atoms with E-state index in [0.717, 1.165) is 50.6 Å². The summed E-state index contributed by atoms with van der Waals surface area (Å²) in [6.07, 6.45) is 3.93. The Morgan fingerprint density at radius 3 is 2.82 bits per heavy atom. The summed E-state index contributed by atoms with van der Waals surface area (Å²) in [4.78, 5) is 15.0. The van der Waals surface area contributed by atoms with Crippen molar-refractivity contribution in [2.75, 3.05) is 25.0 Å². The molecule has 1 heterocycles. The molecule has 0 radical (unpaired) electrons. The molecular weight excluding hydrogens is 342 g/mol. The molecular formula is C18H26BrNO2. The molecule has 1 fully saturated rings. The molecule has 2 rings (SSSR count). The number of piperidine rings is 1. The number of hydrogen-bond acceptors (Lipinski definition) is 3. The van der Waals surface area contributed by atoms with Crippen LogP contribution in [-0.4, -0.2) is 35.9 Å². The van der Waals surface area contributed by atoms with E-state index in [1.807, 2.05) is 13.0 Å². The maximum atomic E-state index is 12.6. The van der Waals surface area contributed by atoms with Gasteiger partial charge in [0.1, 0.15) is 0 Å². The number of hydrogen-bond donors (Lipinski definition) is 0. The van der Waals surface area contributed by atoms with Crippen molar-refractivity contribution in [1.29, 1.82) is 0 Å². The number of esters is 1. The Morgan fingerprint density at radius 2 is 2.14 bits per heavy atom. The zero-order valence-corrected chi connectivity index (χ0v) is 15.0. The number of rotatable bonds is 7. The van der Waals surface area contributed by atoms with Crippen molar-refractivity contribution in [1.82, 2.24) is 4.90 Å². The van der Waals surface area contributed by atoms with Gasteiger partial charge < -0.3 is 4.74 Å². The van der Waals surface area contributed by atoms with Crippen LogP contribution in [-0.2, 0) is 16.1 Å². The fraction of sp³-hybridized carbons (Fsp3) is 0.611. The number of benzene rings is 1. The molecule has 1 atom stereocenters. The van der Waals surface area contributed by atoms with Gasteiger partial charge in [-0.15, -0.1) is 0 Å². The lowest BCUT2D eigenvalue weighted by atomic mass is 9.76. The minimum absolute atomic E-state index is 0.00582. The number of carbonyl (C=O) groups excluding carboxylic acids is 1. The van der Waals surface area contributed by atoms with Crippen LogP contribution in [0.4, 0.5) is 0 Å². The van der Waals surface area contributed by atoms with E-state index in [-0.39, 0.29) is 11.4 Å². The second-order valence-corrected chi connectivity index (χ2v) is 6.89. The molecule has 1 aliphatic rings. The Balaban J connectivity index is 2.07. The monoisotopic (exact) mass is 367 g/mol. The first kappa shape index (κ1) is 17.5. The molecule has 0 amide bonds. The minimum atomic E-state index is -0.323. The van der Waals surface area contributed by atoms with Crippen molar-refractivity contribution in [2.24, 2.45) is 5.41 Å². The standard InChI is InChI=1S/C18H26BrNO2/c1-2-22-17(21)18(10-6-12-19)11-7-13-20(15-18)14-16-8-4-3-5-9-16/h3-5,8-9H,2,6-7,10-15H2,1H3. The van der Waals surface area contributed by atoms with Gasteiger partial charge >= 0.3 is 5.97 Å². The fourth-order valence-electron chi connectivity index (χ4n) is 3.37. The fourth-order valence-corrected chi connectivity index (χ4v) is 3.65. The van der Waals surface area contributed by atoms with Crippen LogP contribution in [0.15, 0.2) is 30.3 Å². The van der Waals surface area contributed by atoms with Gasteiger partial charge in [0.05, 0.1) is 12.0 Å². The molecule has 0 aromatic heterocycles. The molecule has 1 unspecified atom stereocenters. The zero-order valence-electron chi connectivity index (χ0n) is 13.4. The van der Waals surface area contributed by atoms with E-state index < -0.39 is 0 Å². The quantitative estimate of drug-likeness (QED) is 0.538. The van der Waals surface area contributed by atoms with Crippen LogP contribution < -0.4 is 0 Å². The zero-order chi connectivity index (χ0) is 15.8. The van der Waals surface area contributed by atoms with Crippen LogP contribution in [0.3, 0.4) is 0 Å². The smallest absolute Gasteiger partial charge is 0.313 e. The summed E-state index contributed by atoms with van der Waals surface area (Å²) in [6, 6.07) is 10.5. The third-order valence-electron chi connectivity index (χ3n) is 4.40. The van der Waals surface area contributed by atoms with Crippen molar-refractivity contribution >= 4 is 21.9 Å². The molecule has 1 aliphatic heterocycles. The van der Waals surface area contributed by atoms with E-state index >= 15 is 0 Å². The van der Waals surface area contributed by atoms with Crippen LogP contribution in [0.1, 0.15) is 38.2 Å². The van der Waals surface area contributed by atoms with Gasteiger partial charge in [-0.1, -0.05) is 46.3 Å². The Bertz CT molecular complexity index is 465. The maximum Gasteiger partial charge on any atom is 0.313 e. The third kappa shape index (κ3) is 4.56. The number of alkyl halides is 1. The maximum absolute atomic E-state index is 12.6. The molecule has 1 aromatic carbocycles. The topological polar surface area (TPSA) is 29.5 Å². The summed E-state index contributed by atoms with van der Waals surface area (Å²) in [5, 5.41) is 0.937. The second-order valence-electron chi connectivity index (χ2n) is 6.09. The molecule has 122 valence electrons. The Morgan fingerprint density at radius 1 is 1.36 bits per heavy atom. The summed E-state index contributed by atoms with van der Waals surface area (Å²) < 4.78 is 5.40. The predicted molar refractivity (Wildman–Crippen MR) is 93.0 cm³/mol. The first-order valence-electron chi connectivity index (χ1n) is 8.19. The van der Waals surface area contributed by atoms with Crippen molar-refractivity contribution in [2.45, 2.75) is 39.2 Å². The first-order valence-corrected chi connectivity index (χ1v) is 9.32. The van der Waals surface area contributed by atoms with E-state index in [4.69, 9.17) is 4.74 Å². The van der Waals surface area contributed by atoms with E-state index in [9.17, 15) is 4.79 Å². The van der Waals surface area contributed by atoms with Crippen LogP contribution in [0.2, 0.25) is 0 Å². The highest BCUT2D eigenvalue weighted by atomic mass is 79.9. The predicted octanol–water partition coefficient (Wildman–Crippen LogP) is 4.01. The molecule has 0 N–H and O–H groups in total. The van der Waals surface area contributed by atoms with E-state index in [1.54, 1.807) is 0 Å². The van der Waals surface area contributed by atoms with Crippen LogP contribution in [0.5, 0.6) is 0 Å². The largest absolute Gasteiger partial charge is 0.466 e. The summed E-state index contributed by atoms with van der Waals surface area (Å²) in [5.74, 6) is -0.00582. The Kier molecular flexibility index (Phi) is 6.90. The molecule has 1 aromatic rings.